The first-order valence-electron chi connectivity index (χ1n) is 8.59. The van der Waals surface area contributed by atoms with Crippen molar-refractivity contribution in [1.29, 1.82) is 0 Å². The Kier molecular flexibility index (Phi) is 4.53. The molecule has 0 bridgehead atoms. The molecule has 0 unspecified atom stereocenters. The van der Waals surface area contributed by atoms with Crippen LogP contribution < -0.4 is 0 Å². The van der Waals surface area contributed by atoms with E-state index >= 15 is 0 Å². The lowest BCUT2D eigenvalue weighted by Gasteiger charge is -2.45. The van der Waals surface area contributed by atoms with Crippen molar-refractivity contribution in [3.63, 3.8) is 0 Å². The molecule has 6 heteroatoms. The zero-order chi connectivity index (χ0) is 17.9. The summed E-state index contributed by atoms with van der Waals surface area (Å²) in [5.41, 5.74) is -0.817. The average molecular weight is 340 g/mol. The molecule has 2 fully saturated rings. The zero-order valence-corrected chi connectivity index (χ0v) is 16.9. The van der Waals surface area contributed by atoms with E-state index in [-0.39, 0.29) is 22.2 Å². The molecule has 0 radical (unpaired) electrons. The first-order chi connectivity index (χ1) is 10.2. The minimum absolute atomic E-state index is 0.113. The highest BCUT2D eigenvalue weighted by Gasteiger charge is 2.75. The maximum Gasteiger partial charge on any atom is 0.480 e. The van der Waals surface area contributed by atoms with Crippen molar-refractivity contribution in [2.75, 3.05) is 0 Å². The lowest BCUT2D eigenvalue weighted by molar-refractivity contribution is 0.0587. The third-order valence-corrected chi connectivity index (χ3v) is 10.8. The van der Waals surface area contributed by atoms with Gasteiger partial charge in [-0.1, -0.05) is 46.7 Å². The van der Waals surface area contributed by atoms with E-state index in [4.69, 9.17) is 19.2 Å². The van der Waals surface area contributed by atoms with Crippen molar-refractivity contribution in [2.24, 2.45) is 5.41 Å². The van der Waals surface area contributed by atoms with Gasteiger partial charge in [-0.05, 0) is 31.5 Å². The van der Waals surface area contributed by atoms with E-state index < -0.39 is 21.0 Å². The molecule has 0 aromatic rings. The summed E-state index contributed by atoms with van der Waals surface area (Å²) >= 11 is 0. The van der Waals surface area contributed by atoms with Gasteiger partial charge < -0.3 is 19.2 Å². The number of ether oxygens (including phenoxy) is 1. The fraction of sp³-hybridized carbons (Fsp3) is 0.882. The first-order valence-corrected chi connectivity index (χ1v) is 11.5. The fourth-order valence-corrected chi connectivity index (χ4v) is 5.29. The van der Waals surface area contributed by atoms with Gasteiger partial charge >= 0.3 is 7.12 Å². The van der Waals surface area contributed by atoms with Gasteiger partial charge in [0.15, 0.2) is 8.32 Å². The lowest BCUT2D eigenvalue weighted by atomic mass is 9.62. The van der Waals surface area contributed by atoms with Gasteiger partial charge in [0.05, 0.1) is 0 Å². The molecule has 1 saturated carbocycles. The Morgan fingerprint density at radius 3 is 2.17 bits per heavy atom. The van der Waals surface area contributed by atoms with Gasteiger partial charge in [-0.15, -0.1) is 0 Å². The Balaban J connectivity index is 2.19. The van der Waals surface area contributed by atoms with E-state index in [0.29, 0.717) is 0 Å². The summed E-state index contributed by atoms with van der Waals surface area (Å²) in [5, 5.41) is 18.5. The van der Waals surface area contributed by atoms with E-state index in [1.54, 1.807) is 0 Å². The first kappa shape index (κ1) is 19.2. The highest BCUT2D eigenvalue weighted by atomic mass is 28.4. The molecule has 1 saturated heterocycles. The number of rotatable bonds is 4. The molecular weight excluding hydrogens is 307 g/mol. The average Bonchev–Trinajstić information content (AvgIpc) is 2.91. The molecule has 0 amide bonds. The Labute approximate surface area is 142 Å². The highest BCUT2D eigenvalue weighted by molar-refractivity contribution is 6.74. The fourth-order valence-electron chi connectivity index (χ4n) is 3.94. The van der Waals surface area contributed by atoms with Crippen LogP contribution in [-0.4, -0.2) is 42.8 Å². The van der Waals surface area contributed by atoms with Gasteiger partial charge in [0.1, 0.15) is 11.2 Å². The van der Waals surface area contributed by atoms with Crippen LogP contribution in [0.3, 0.4) is 0 Å². The summed E-state index contributed by atoms with van der Waals surface area (Å²) in [6.45, 7) is 17.9. The molecule has 1 aliphatic carbocycles. The van der Waals surface area contributed by atoms with Crippen molar-refractivity contribution in [3.05, 3.63) is 12.1 Å². The van der Waals surface area contributed by atoms with Gasteiger partial charge in [-0.25, -0.2) is 0 Å². The summed E-state index contributed by atoms with van der Waals surface area (Å²) in [5.74, 6) is 1.42. The van der Waals surface area contributed by atoms with Crippen molar-refractivity contribution < 1.29 is 19.2 Å². The van der Waals surface area contributed by atoms with Crippen LogP contribution in [0, 0.1) is 5.41 Å². The Morgan fingerprint density at radius 1 is 1.17 bits per heavy atom. The summed E-state index contributed by atoms with van der Waals surface area (Å²) in [4.78, 5) is 0. The van der Waals surface area contributed by atoms with Crippen LogP contribution >= 0.6 is 0 Å². The van der Waals surface area contributed by atoms with Crippen LogP contribution in [0.2, 0.25) is 18.1 Å². The Bertz CT molecular complexity index is 497. The minimum atomic E-state index is -1.81. The minimum Gasteiger partial charge on any atom is -0.424 e. The monoisotopic (exact) mass is 340 g/mol. The second-order valence-electron chi connectivity index (χ2n) is 9.63. The SMILES string of the molecule is CC1(C)C[C@H](O[Si](C)(C)C(C)(C)C)C[C@@]2(C)O[C@@]12/C=C/B(O)O. The van der Waals surface area contributed by atoms with Crippen molar-refractivity contribution in [2.45, 2.75) is 89.8 Å². The number of hydrogen-bond donors (Lipinski definition) is 2. The summed E-state index contributed by atoms with van der Waals surface area (Å²) < 4.78 is 12.8. The molecule has 3 atom stereocenters. The van der Waals surface area contributed by atoms with Gasteiger partial charge in [0.25, 0.3) is 0 Å². The van der Waals surface area contributed by atoms with Gasteiger partial charge in [-0.2, -0.15) is 0 Å². The molecule has 2 rings (SSSR count). The van der Waals surface area contributed by atoms with Crippen molar-refractivity contribution >= 4 is 15.4 Å². The number of hydrogen-bond acceptors (Lipinski definition) is 4. The molecule has 0 spiro atoms. The second-order valence-corrected chi connectivity index (χ2v) is 14.4. The maximum atomic E-state index is 9.16. The summed E-state index contributed by atoms with van der Waals surface area (Å²) in [6.07, 6.45) is 3.81. The maximum absolute atomic E-state index is 9.16. The van der Waals surface area contributed by atoms with Gasteiger partial charge in [0.2, 0.25) is 0 Å². The van der Waals surface area contributed by atoms with E-state index in [9.17, 15) is 0 Å². The van der Waals surface area contributed by atoms with E-state index in [1.165, 1.54) is 5.98 Å². The number of epoxide rings is 1. The van der Waals surface area contributed by atoms with Crippen LogP contribution in [0.15, 0.2) is 12.1 Å². The van der Waals surface area contributed by atoms with Crippen molar-refractivity contribution in [1.82, 2.24) is 0 Å². The normalized spacial score (nSPS) is 36.9. The van der Waals surface area contributed by atoms with Crippen LogP contribution in [0.5, 0.6) is 0 Å². The van der Waals surface area contributed by atoms with E-state index in [0.717, 1.165) is 12.8 Å². The molecule has 1 heterocycles. The van der Waals surface area contributed by atoms with Crippen LogP contribution in [0.25, 0.3) is 0 Å². The molecule has 0 aromatic carbocycles. The van der Waals surface area contributed by atoms with Gasteiger partial charge in [-0.3, -0.25) is 0 Å². The Hall–Kier alpha value is -0.138. The number of fused-ring (bicyclic) bond motifs is 1. The topological polar surface area (TPSA) is 62.2 Å². The van der Waals surface area contributed by atoms with Crippen LogP contribution in [-0.2, 0) is 9.16 Å². The third kappa shape index (κ3) is 3.21. The smallest absolute Gasteiger partial charge is 0.424 e. The highest BCUT2D eigenvalue weighted by Crippen LogP contribution is 2.66. The molecule has 132 valence electrons. The van der Waals surface area contributed by atoms with Crippen LogP contribution in [0.4, 0.5) is 0 Å². The molecular formula is C17H33BO4Si. The second kappa shape index (κ2) is 5.43. The summed E-state index contributed by atoms with van der Waals surface area (Å²) in [7, 11) is -3.25. The molecule has 1 aliphatic heterocycles. The summed E-state index contributed by atoms with van der Waals surface area (Å²) in [6, 6.07) is 0. The predicted octanol–water partition coefficient (Wildman–Crippen LogP) is 3.29. The Morgan fingerprint density at radius 2 is 1.74 bits per heavy atom. The molecule has 23 heavy (non-hydrogen) atoms. The molecule has 2 aliphatic rings. The van der Waals surface area contributed by atoms with Crippen LogP contribution in [0.1, 0.15) is 54.4 Å². The quantitative estimate of drug-likeness (QED) is 0.609. The van der Waals surface area contributed by atoms with Gasteiger partial charge in [0, 0.05) is 17.9 Å². The lowest BCUT2D eigenvalue weighted by Crippen LogP contribution is -2.51. The standard InChI is InChI=1S/C17H33BO4Si/c1-14(2,3)23(7,8)21-13-11-15(4,5)17(9-10-18(19)20)16(6,12-13)22-17/h9-10,13,19-20H,11-12H2,1-8H3/b10-9+/t13-,16+,17-/m0/s1. The van der Waals surface area contributed by atoms with E-state index in [1.807, 2.05) is 6.08 Å². The predicted molar refractivity (Wildman–Crippen MR) is 96.6 cm³/mol. The zero-order valence-electron chi connectivity index (χ0n) is 15.9. The molecule has 4 nitrogen and oxygen atoms in total. The van der Waals surface area contributed by atoms with Crippen molar-refractivity contribution in [3.8, 4) is 0 Å². The largest absolute Gasteiger partial charge is 0.480 e. The van der Waals surface area contributed by atoms with E-state index in [2.05, 4.69) is 54.6 Å². The third-order valence-electron chi connectivity index (χ3n) is 6.26. The molecule has 2 N–H and O–H groups in total. The molecule has 0 aromatic heterocycles.